The van der Waals surface area contributed by atoms with Crippen LogP contribution in [0.5, 0.6) is 0 Å². The van der Waals surface area contributed by atoms with Crippen molar-refractivity contribution in [1.29, 1.82) is 0 Å². The van der Waals surface area contributed by atoms with E-state index in [9.17, 15) is 14.7 Å². The molecule has 0 saturated carbocycles. The maximum absolute atomic E-state index is 11.6. The van der Waals surface area contributed by atoms with Crippen LogP contribution < -0.4 is 11.5 Å². The fourth-order valence-electron chi connectivity index (χ4n) is 1.60. The van der Waals surface area contributed by atoms with Gasteiger partial charge in [-0.25, -0.2) is 0 Å². The molecule has 0 aliphatic carbocycles. The molecule has 0 unspecified atom stereocenters. The first-order valence-corrected chi connectivity index (χ1v) is 5.01. The number of aliphatic hydroxyl groups excluding tert-OH is 1. The van der Waals surface area contributed by atoms with Gasteiger partial charge in [0.05, 0.1) is 12.1 Å². The molecule has 2 atom stereocenters. The van der Waals surface area contributed by atoms with Crippen molar-refractivity contribution in [3.63, 3.8) is 0 Å². The summed E-state index contributed by atoms with van der Waals surface area (Å²) < 4.78 is 0. The van der Waals surface area contributed by atoms with Crippen molar-refractivity contribution in [2.24, 2.45) is 11.5 Å². The Kier molecular flexibility index (Phi) is 4.05. The number of carbonyl (C=O) groups is 2. The highest BCUT2D eigenvalue weighted by Gasteiger charge is 2.27. The number of β-amino-alcohol motifs (C(OH)–C–C–N with tert-alkyl or cyclic N) is 1. The highest BCUT2D eigenvalue weighted by atomic mass is 16.3. The molecule has 6 heteroatoms. The summed E-state index contributed by atoms with van der Waals surface area (Å²) in [4.78, 5) is 23.7. The molecule has 0 aromatic carbocycles. The summed E-state index contributed by atoms with van der Waals surface area (Å²) in [5.41, 5.74) is 10.6. The van der Waals surface area contributed by atoms with Crippen LogP contribution in [0.15, 0.2) is 0 Å². The van der Waals surface area contributed by atoms with Crippen LogP contribution in [0.3, 0.4) is 0 Å². The predicted octanol–water partition coefficient (Wildman–Crippen LogP) is -1.83. The smallest absolute Gasteiger partial charge is 0.239 e. The topological polar surface area (TPSA) is 110 Å². The van der Waals surface area contributed by atoms with Crippen LogP contribution in [0.2, 0.25) is 0 Å². The van der Waals surface area contributed by atoms with E-state index in [0.717, 1.165) is 0 Å². The average Bonchev–Trinajstić information content (AvgIpc) is 2.60. The van der Waals surface area contributed by atoms with Crippen LogP contribution in [0.25, 0.3) is 0 Å². The second kappa shape index (κ2) is 5.09. The Morgan fingerprint density at radius 2 is 2.20 bits per heavy atom. The van der Waals surface area contributed by atoms with Crippen molar-refractivity contribution in [2.75, 3.05) is 13.1 Å². The predicted molar refractivity (Wildman–Crippen MR) is 53.6 cm³/mol. The van der Waals surface area contributed by atoms with Gasteiger partial charge in [-0.3, -0.25) is 9.59 Å². The molecule has 0 aromatic heterocycles. The van der Waals surface area contributed by atoms with E-state index in [4.69, 9.17) is 11.5 Å². The van der Waals surface area contributed by atoms with E-state index >= 15 is 0 Å². The second-order valence-corrected chi connectivity index (χ2v) is 3.84. The van der Waals surface area contributed by atoms with E-state index < -0.39 is 18.1 Å². The maximum atomic E-state index is 11.6. The molecule has 15 heavy (non-hydrogen) atoms. The molecule has 1 aliphatic rings. The van der Waals surface area contributed by atoms with E-state index in [1.54, 1.807) is 0 Å². The van der Waals surface area contributed by atoms with Gasteiger partial charge in [-0.05, 0) is 12.8 Å². The molecule has 5 N–H and O–H groups in total. The Bertz CT molecular complexity index is 257. The lowest BCUT2D eigenvalue weighted by molar-refractivity contribution is -0.132. The molecule has 0 radical (unpaired) electrons. The summed E-state index contributed by atoms with van der Waals surface area (Å²) in [6.45, 7) is 0.868. The van der Waals surface area contributed by atoms with Gasteiger partial charge in [0.15, 0.2) is 0 Å². The monoisotopic (exact) mass is 215 g/mol. The largest absolute Gasteiger partial charge is 0.391 e. The van der Waals surface area contributed by atoms with E-state index in [1.807, 2.05) is 0 Å². The van der Waals surface area contributed by atoms with Crippen LogP contribution in [0.4, 0.5) is 0 Å². The van der Waals surface area contributed by atoms with E-state index in [0.29, 0.717) is 19.5 Å². The Morgan fingerprint density at radius 1 is 1.53 bits per heavy atom. The third kappa shape index (κ3) is 3.49. The number of likely N-dealkylation sites (tertiary alicyclic amines) is 1. The number of rotatable bonds is 4. The average molecular weight is 215 g/mol. The number of hydrogen-bond donors (Lipinski definition) is 3. The molecule has 0 spiro atoms. The fourth-order valence-corrected chi connectivity index (χ4v) is 1.60. The Morgan fingerprint density at radius 3 is 2.67 bits per heavy atom. The van der Waals surface area contributed by atoms with Gasteiger partial charge in [-0.15, -0.1) is 0 Å². The molecule has 1 heterocycles. The van der Waals surface area contributed by atoms with Crippen LogP contribution in [0, 0.1) is 0 Å². The molecule has 86 valence electrons. The van der Waals surface area contributed by atoms with E-state index in [2.05, 4.69) is 0 Å². The number of hydrogen-bond acceptors (Lipinski definition) is 4. The lowest BCUT2D eigenvalue weighted by Crippen LogP contribution is -2.43. The Balaban J connectivity index is 2.35. The molecule has 1 fully saturated rings. The summed E-state index contributed by atoms with van der Waals surface area (Å²) in [6.07, 6.45) is 0.524. The first kappa shape index (κ1) is 11.9. The molecule has 1 aliphatic heterocycles. The number of primary amides is 1. The third-order valence-electron chi connectivity index (χ3n) is 2.49. The van der Waals surface area contributed by atoms with Gasteiger partial charge in [0.1, 0.15) is 0 Å². The number of carbonyl (C=O) groups excluding carboxylic acids is 2. The normalized spacial score (nSPS) is 22.8. The number of aliphatic hydroxyl groups is 1. The number of amides is 2. The summed E-state index contributed by atoms with van der Waals surface area (Å²) in [6, 6.07) is -0.692. The summed E-state index contributed by atoms with van der Waals surface area (Å²) in [5.74, 6) is -0.674. The second-order valence-electron chi connectivity index (χ2n) is 3.84. The van der Waals surface area contributed by atoms with Crippen molar-refractivity contribution < 1.29 is 14.7 Å². The Hall–Kier alpha value is -1.14. The standard InChI is InChI=1S/C9H17N3O3/c10-7(1-2-8(11)14)9(15)12-4-3-6(13)5-12/h6-7,13H,1-5,10H2,(H2,11,14)/t6-,7+/m1/s1. The van der Waals surface area contributed by atoms with Crippen molar-refractivity contribution >= 4 is 11.8 Å². The first-order chi connectivity index (χ1) is 7.00. The highest BCUT2D eigenvalue weighted by Crippen LogP contribution is 2.11. The molecule has 0 bridgehead atoms. The quantitative estimate of drug-likeness (QED) is 0.512. The third-order valence-corrected chi connectivity index (χ3v) is 2.49. The van der Waals surface area contributed by atoms with Crippen LogP contribution in [-0.4, -0.2) is 47.1 Å². The van der Waals surface area contributed by atoms with Gasteiger partial charge in [-0.1, -0.05) is 0 Å². The summed E-state index contributed by atoms with van der Waals surface area (Å²) in [7, 11) is 0. The van der Waals surface area contributed by atoms with Crippen LogP contribution in [0.1, 0.15) is 19.3 Å². The SMILES string of the molecule is NC(=O)CC[C@H](N)C(=O)N1CC[C@@H](O)C1. The molecule has 1 rings (SSSR count). The van der Waals surface area contributed by atoms with Crippen molar-refractivity contribution in [2.45, 2.75) is 31.4 Å². The molecule has 2 amide bonds. The molecule has 0 aromatic rings. The molecular formula is C9H17N3O3. The zero-order valence-electron chi connectivity index (χ0n) is 8.56. The van der Waals surface area contributed by atoms with Gasteiger partial charge in [0.25, 0.3) is 0 Å². The summed E-state index contributed by atoms with van der Waals surface area (Å²) >= 11 is 0. The van der Waals surface area contributed by atoms with Crippen molar-refractivity contribution in [3.8, 4) is 0 Å². The van der Waals surface area contributed by atoms with E-state index in [1.165, 1.54) is 4.90 Å². The fraction of sp³-hybridized carbons (Fsp3) is 0.778. The van der Waals surface area contributed by atoms with Gasteiger partial charge in [0, 0.05) is 19.5 Å². The minimum absolute atomic E-state index is 0.114. The molecule has 6 nitrogen and oxygen atoms in total. The minimum Gasteiger partial charge on any atom is -0.391 e. The van der Waals surface area contributed by atoms with Crippen molar-refractivity contribution in [1.82, 2.24) is 4.90 Å². The van der Waals surface area contributed by atoms with Crippen LogP contribution >= 0.6 is 0 Å². The van der Waals surface area contributed by atoms with Gasteiger partial charge >= 0.3 is 0 Å². The zero-order valence-corrected chi connectivity index (χ0v) is 8.56. The highest BCUT2D eigenvalue weighted by molar-refractivity contribution is 5.83. The van der Waals surface area contributed by atoms with Gasteiger partial charge < -0.3 is 21.5 Å². The molecular weight excluding hydrogens is 198 g/mol. The first-order valence-electron chi connectivity index (χ1n) is 5.01. The number of nitrogens with two attached hydrogens (primary N) is 2. The lowest BCUT2D eigenvalue weighted by Gasteiger charge is -2.19. The summed E-state index contributed by atoms with van der Waals surface area (Å²) in [5, 5.41) is 9.24. The van der Waals surface area contributed by atoms with Gasteiger partial charge in [0.2, 0.25) is 11.8 Å². The van der Waals surface area contributed by atoms with E-state index in [-0.39, 0.29) is 18.7 Å². The minimum atomic E-state index is -0.692. The van der Waals surface area contributed by atoms with Crippen molar-refractivity contribution in [3.05, 3.63) is 0 Å². The van der Waals surface area contributed by atoms with Gasteiger partial charge in [-0.2, -0.15) is 0 Å². The maximum Gasteiger partial charge on any atom is 0.239 e. The zero-order chi connectivity index (χ0) is 11.4. The van der Waals surface area contributed by atoms with Crippen LogP contribution in [-0.2, 0) is 9.59 Å². The molecule has 1 saturated heterocycles. The number of nitrogens with zero attached hydrogens (tertiary/aromatic N) is 1. The lowest BCUT2D eigenvalue weighted by atomic mass is 10.1. The Labute approximate surface area is 88.2 Å².